The smallest absolute Gasteiger partial charge is 0.0704 e. The van der Waals surface area contributed by atoms with Gasteiger partial charge in [-0.2, -0.15) is 0 Å². The molecule has 0 N–H and O–H groups in total. The summed E-state index contributed by atoms with van der Waals surface area (Å²) in [7, 11) is 0. The van der Waals surface area contributed by atoms with Crippen molar-refractivity contribution in [3.63, 3.8) is 0 Å². The second-order valence-electron chi connectivity index (χ2n) is 7.78. The molecule has 0 saturated carbocycles. The van der Waals surface area contributed by atoms with Crippen molar-refractivity contribution in [2.24, 2.45) is 0 Å². The van der Waals surface area contributed by atoms with E-state index in [2.05, 4.69) is 122 Å². The van der Waals surface area contributed by atoms with Gasteiger partial charge >= 0.3 is 0 Å². The largest absolute Gasteiger partial charge is 0.103 e. The Balaban J connectivity index is 2.18. The van der Waals surface area contributed by atoms with Crippen LogP contribution in [0.5, 0.6) is 0 Å². The predicted octanol–water partition coefficient (Wildman–Crippen LogP) is 7.53. The fourth-order valence-electron chi connectivity index (χ4n) is 4.75. The molecule has 0 heteroatoms. The summed E-state index contributed by atoms with van der Waals surface area (Å²) in [5.41, 5.74) is 7.28. The minimum Gasteiger partial charge on any atom is -0.103 e. The van der Waals surface area contributed by atoms with Gasteiger partial charge in [0, 0.05) is 0 Å². The second-order valence-corrected chi connectivity index (χ2v) is 7.78. The first-order valence-corrected chi connectivity index (χ1v) is 10.8. The molecule has 0 aliphatic carbocycles. The summed E-state index contributed by atoms with van der Waals surface area (Å²) in [6.45, 7) is 8.07. The summed E-state index contributed by atoms with van der Waals surface area (Å²) in [5.74, 6) is 0. The van der Waals surface area contributed by atoms with E-state index in [1.165, 1.54) is 33.4 Å². The molecule has 0 heterocycles. The number of hydrogen-bond donors (Lipinski definition) is 0. The van der Waals surface area contributed by atoms with Crippen LogP contribution in [0.1, 0.15) is 33.4 Å². The highest BCUT2D eigenvalue weighted by Gasteiger charge is 2.39. The fraction of sp³-hybridized carbons (Fsp3) is 0.0968. The molecular formula is C31H28. The van der Waals surface area contributed by atoms with Crippen molar-refractivity contribution < 1.29 is 0 Å². The average molecular weight is 401 g/mol. The van der Waals surface area contributed by atoms with Crippen molar-refractivity contribution in [2.45, 2.75) is 18.3 Å². The summed E-state index contributed by atoms with van der Waals surface area (Å²) in [4.78, 5) is 0. The maximum atomic E-state index is 4.07. The van der Waals surface area contributed by atoms with Gasteiger partial charge in [-0.05, 0) is 46.2 Å². The van der Waals surface area contributed by atoms with Gasteiger partial charge < -0.3 is 0 Å². The van der Waals surface area contributed by atoms with Gasteiger partial charge in [0.1, 0.15) is 0 Å². The lowest BCUT2D eigenvalue weighted by Crippen LogP contribution is -2.32. The van der Waals surface area contributed by atoms with Crippen molar-refractivity contribution in [1.29, 1.82) is 0 Å². The Kier molecular flexibility index (Phi) is 6.29. The number of rotatable bonds is 8. The van der Waals surface area contributed by atoms with Crippen LogP contribution in [-0.2, 0) is 18.3 Å². The van der Waals surface area contributed by atoms with Crippen LogP contribution < -0.4 is 0 Å². The van der Waals surface area contributed by atoms with Crippen molar-refractivity contribution in [1.82, 2.24) is 0 Å². The van der Waals surface area contributed by atoms with Crippen LogP contribution in [0.2, 0.25) is 0 Å². The Bertz CT molecular complexity index is 1040. The van der Waals surface area contributed by atoms with Crippen molar-refractivity contribution in [3.8, 4) is 0 Å². The Morgan fingerprint density at radius 3 is 1.39 bits per heavy atom. The molecule has 4 aromatic rings. The van der Waals surface area contributed by atoms with Crippen LogP contribution in [0.4, 0.5) is 0 Å². The van der Waals surface area contributed by atoms with Gasteiger partial charge in [0.05, 0.1) is 5.41 Å². The standard InChI is InChI=1S/C31H28/c1-3-15-25-17-14-24-30(29(25)16-4-2)31(26-18-8-5-9-19-26,27-20-10-6-11-21-27)28-22-12-7-13-23-28/h3-14,17-24H,1-2,15-16H2. The second kappa shape index (κ2) is 9.45. The van der Waals surface area contributed by atoms with E-state index in [1.807, 2.05) is 12.2 Å². The average Bonchev–Trinajstić information content (AvgIpc) is 2.84. The van der Waals surface area contributed by atoms with Crippen LogP contribution in [0.25, 0.3) is 0 Å². The van der Waals surface area contributed by atoms with Gasteiger partial charge in [0.15, 0.2) is 0 Å². The third-order valence-corrected chi connectivity index (χ3v) is 6.01. The predicted molar refractivity (Wildman–Crippen MR) is 133 cm³/mol. The molecule has 0 spiro atoms. The van der Waals surface area contributed by atoms with E-state index >= 15 is 0 Å². The first-order valence-electron chi connectivity index (χ1n) is 10.8. The number of hydrogen-bond acceptors (Lipinski definition) is 0. The minimum atomic E-state index is -0.431. The molecule has 0 aliphatic heterocycles. The third-order valence-electron chi connectivity index (χ3n) is 6.01. The quantitative estimate of drug-likeness (QED) is 0.212. The fourth-order valence-corrected chi connectivity index (χ4v) is 4.75. The monoisotopic (exact) mass is 400 g/mol. The van der Waals surface area contributed by atoms with E-state index in [-0.39, 0.29) is 0 Å². The van der Waals surface area contributed by atoms with Crippen molar-refractivity contribution in [3.05, 3.63) is 168 Å². The van der Waals surface area contributed by atoms with E-state index in [0.717, 1.165) is 12.8 Å². The Morgan fingerprint density at radius 1 is 0.516 bits per heavy atom. The third kappa shape index (κ3) is 3.78. The van der Waals surface area contributed by atoms with E-state index < -0.39 is 5.41 Å². The summed E-state index contributed by atoms with van der Waals surface area (Å²) in [6.07, 6.45) is 5.65. The maximum Gasteiger partial charge on any atom is 0.0704 e. The van der Waals surface area contributed by atoms with Crippen molar-refractivity contribution in [2.75, 3.05) is 0 Å². The van der Waals surface area contributed by atoms with E-state index in [4.69, 9.17) is 0 Å². The minimum absolute atomic E-state index is 0.431. The summed E-state index contributed by atoms with van der Waals surface area (Å²) >= 11 is 0. The lowest BCUT2D eigenvalue weighted by atomic mass is 9.63. The van der Waals surface area contributed by atoms with Crippen LogP contribution in [0, 0.1) is 0 Å². The van der Waals surface area contributed by atoms with Gasteiger partial charge in [0.25, 0.3) is 0 Å². The Labute approximate surface area is 186 Å². The van der Waals surface area contributed by atoms with Gasteiger partial charge in [-0.15, -0.1) is 13.2 Å². The summed E-state index contributed by atoms with van der Waals surface area (Å²) in [5, 5.41) is 0. The molecule has 4 aromatic carbocycles. The Morgan fingerprint density at radius 2 is 0.968 bits per heavy atom. The van der Waals surface area contributed by atoms with Gasteiger partial charge in [-0.25, -0.2) is 0 Å². The molecule has 4 rings (SSSR count). The molecule has 31 heavy (non-hydrogen) atoms. The zero-order valence-electron chi connectivity index (χ0n) is 17.9. The normalized spacial score (nSPS) is 11.1. The molecule has 0 amide bonds. The highest BCUT2D eigenvalue weighted by atomic mass is 14.4. The van der Waals surface area contributed by atoms with Crippen LogP contribution in [0.15, 0.2) is 135 Å². The molecule has 0 bridgehead atoms. The topological polar surface area (TPSA) is 0 Å². The first kappa shape index (κ1) is 20.6. The molecule has 0 fully saturated rings. The maximum absolute atomic E-state index is 4.07. The summed E-state index contributed by atoms with van der Waals surface area (Å²) in [6, 6.07) is 39.3. The van der Waals surface area contributed by atoms with Crippen LogP contribution in [-0.4, -0.2) is 0 Å². The molecule has 0 saturated heterocycles. The lowest BCUT2D eigenvalue weighted by molar-refractivity contribution is 0.732. The van der Waals surface area contributed by atoms with Gasteiger partial charge in [-0.1, -0.05) is 121 Å². The first-order chi connectivity index (χ1) is 15.3. The number of allylic oxidation sites excluding steroid dienone is 2. The van der Waals surface area contributed by atoms with Gasteiger partial charge in [-0.3, -0.25) is 0 Å². The molecular weight excluding hydrogens is 372 g/mol. The van der Waals surface area contributed by atoms with Crippen molar-refractivity contribution >= 4 is 0 Å². The van der Waals surface area contributed by atoms with E-state index in [1.54, 1.807) is 0 Å². The zero-order valence-corrected chi connectivity index (χ0v) is 17.9. The molecule has 0 atom stereocenters. The Hall–Kier alpha value is -3.64. The molecule has 0 nitrogen and oxygen atoms in total. The molecule has 0 aliphatic rings. The highest BCUT2D eigenvalue weighted by Crippen LogP contribution is 2.46. The van der Waals surface area contributed by atoms with E-state index in [9.17, 15) is 0 Å². The van der Waals surface area contributed by atoms with Crippen LogP contribution in [0.3, 0.4) is 0 Å². The molecule has 152 valence electrons. The molecule has 0 aromatic heterocycles. The molecule has 0 radical (unpaired) electrons. The summed E-state index contributed by atoms with van der Waals surface area (Å²) < 4.78 is 0. The number of benzene rings is 4. The SMILES string of the molecule is C=CCc1cccc(C(c2ccccc2)(c2ccccc2)c2ccccc2)c1CC=C. The van der Waals surface area contributed by atoms with Gasteiger partial charge in [0.2, 0.25) is 0 Å². The van der Waals surface area contributed by atoms with Crippen LogP contribution >= 0.6 is 0 Å². The zero-order chi connectivity index (χ0) is 21.5. The highest BCUT2D eigenvalue weighted by molar-refractivity contribution is 5.62. The molecule has 0 unspecified atom stereocenters. The lowest BCUT2D eigenvalue weighted by Gasteiger charge is -2.38. The van der Waals surface area contributed by atoms with E-state index in [0.29, 0.717) is 0 Å².